The molecule has 0 atom stereocenters. The van der Waals surface area contributed by atoms with Crippen molar-refractivity contribution in [1.29, 1.82) is 0 Å². The summed E-state index contributed by atoms with van der Waals surface area (Å²) in [4.78, 5) is 26.0. The summed E-state index contributed by atoms with van der Waals surface area (Å²) in [6.07, 6.45) is 9.05. The Bertz CT molecular complexity index is 1630. The number of aromatic amines is 2. The fourth-order valence-corrected chi connectivity index (χ4v) is 4.12. The summed E-state index contributed by atoms with van der Waals surface area (Å²) >= 11 is 0. The summed E-state index contributed by atoms with van der Waals surface area (Å²) in [7, 11) is 0. The summed E-state index contributed by atoms with van der Waals surface area (Å²) in [6.45, 7) is 6.93. The molecule has 2 N–H and O–H groups in total. The standard InChI is InChI=1S/C26H23FN6O/c1-3-5-7-18(28-4-2)15-32-11-6-8-23(32)17-12-20(27)25-24(13-17)33(16-29-25)19-9-10-21-22(14-19)31-26(34)30-21/h3,5-14,16H,1,4,15H2,2H3,(H2,30,31,34)/b7-5-,28-18?. The van der Waals surface area contributed by atoms with Crippen LogP contribution in [0.25, 0.3) is 39.0 Å². The largest absolute Gasteiger partial charge is 0.342 e. The van der Waals surface area contributed by atoms with E-state index < -0.39 is 5.82 Å². The number of nitrogens with one attached hydrogen (secondary N) is 2. The summed E-state index contributed by atoms with van der Waals surface area (Å²) in [6, 6.07) is 12.8. The Kier molecular flexibility index (Phi) is 5.55. The Morgan fingerprint density at radius 2 is 2.06 bits per heavy atom. The topological polar surface area (TPSA) is 83.8 Å². The van der Waals surface area contributed by atoms with Gasteiger partial charge in [0.05, 0.1) is 28.8 Å². The maximum absolute atomic E-state index is 15.1. The Morgan fingerprint density at radius 1 is 1.21 bits per heavy atom. The van der Waals surface area contributed by atoms with Crippen molar-refractivity contribution in [3.8, 4) is 16.9 Å². The van der Waals surface area contributed by atoms with Gasteiger partial charge in [-0.15, -0.1) is 0 Å². The van der Waals surface area contributed by atoms with E-state index in [9.17, 15) is 4.79 Å². The van der Waals surface area contributed by atoms with Crippen LogP contribution in [0, 0.1) is 5.82 Å². The maximum Gasteiger partial charge on any atom is 0.323 e. The minimum atomic E-state index is -0.399. The van der Waals surface area contributed by atoms with Crippen LogP contribution in [0.15, 0.2) is 89.6 Å². The van der Waals surface area contributed by atoms with Crippen LogP contribution in [0.1, 0.15) is 6.92 Å². The molecule has 0 radical (unpaired) electrons. The number of halogens is 1. The van der Waals surface area contributed by atoms with Crippen molar-refractivity contribution < 1.29 is 4.39 Å². The lowest BCUT2D eigenvalue weighted by Gasteiger charge is -2.11. The molecule has 34 heavy (non-hydrogen) atoms. The third kappa shape index (κ3) is 3.90. The highest BCUT2D eigenvalue weighted by Crippen LogP contribution is 2.29. The Balaban J connectivity index is 1.59. The van der Waals surface area contributed by atoms with Gasteiger partial charge in [0.25, 0.3) is 0 Å². The molecule has 3 aromatic heterocycles. The third-order valence-corrected chi connectivity index (χ3v) is 5.63. The number of imidazole rings is 2. The SMILES string of the molecule is C=C/C=C\C(Cn1cccc1-c1cc(F)c2ncn(-c3ccc4[nH]c(=O)[nH]c4c3)c2c1)=NCC. The van der Waals surface area contributed by atoms with Crippen molar-refractivity contribution in [3.05, 3.63) is 96.1 Å². The fraction of sp³-hybridized carbons (Fsp3) is 0.115. The smallest absolute Gasteiger partial charge is 0.323 e. The number of benzene rings is 2. The van der Waals surface area contributed by atoms with Crippen molar-refractivity contribution in [2.24, 2.45) is 4.99 Å². The highest BCUT2D eigenvalue weighted by molar-refractivity contribution is 5.95. The predicted octanol–water partition coefficient (Wildman–Crippen LogP) is 5.01. The molecule has 0 fully saturated rings. The molecule has 0 aliphatic rings. The molecule has 170 valence electrons. The summed E-state index contributed by atoms with van der Waals surface area (Å²) < 4.78 is 19.0. The second-order valence-electron chi connectivity index (χ2n) is 7.83. The average molecular weight is 455 g/mol. The number of hydrogen-bond donors (Lipinski definition) is 2. The lowest BCUT2D eigenvalue weighted by molar-refractivity contribution is 0.637. The quantitative estimate of drug-likeness (QED) is 0.268. The minimum Gasteiger partial charge on any atom is -0.342 e. The molecule has 0 saturated heterocycles. The van der Waals surface area contributed by atoms with E-state index in [1.165, 1.54) is 6.07 Å². The van der Waals surface area contributed by atoms with Crippen LogP contribution >= 0.6 is 0 Å². The lowest BCUT2D eigenvalue weighted by Crippen LogP contribution is -2.09. The third-order valence-electron chi connectivity index (χ3n) is 5.63. The minimum absolute atomic E-state index is 0.273. The molecule has 5 aromatic rings. The zero-order valence-electron chi connectivity index (χ0n) is 18.6. The molecular weight excluding hydrogens is 431 g/mol. The molecule has 8 heteroatoms. The van der Waals surface area contributed by atoms with E-state index in [2.05, 4.69) is 26.5 Å². The molecule has 0 aliphatic heterocycles. The van der Waals surface area contributed by atoms with Gasteiger partial charge in [0.15, 0.2) is 5.82 Å². The number of rotatable bonds is 7. The van der Waals surface area contributed by atoms with Crippen LogP contribution in [0.5, 0.6) is 0 Å². The molecule has 7 nitrogen and oxygen atoms in total. The first-order valence-corrected chi connectivity index (χ1v) is 10.9. The molecule has 0 unspecified atom stereocenters. The molecule has 5 rings (SSSR count). The van der Waals surface area contributed by atoms with Crippen molar-refractivity contribution in [2.75, 3.05) is 6.54 Å². The van der Waals surface area contributed by atoms with Crippen LogP contribution in [0.3, 0.4) is 0 Å². The molecule has 0 amide bonds. The predicted molar refractivity (Wildman–Crippen MR) is 134 cm³/mol. The van der Waals surface area contributed by atoms with Gasteiger partial charge in [-0.3, -0.25) is 9.56 Å². The van der Waals surface area contributed by atoms with Gasteiger partial charge in [-0.1, -0.05) is 18.7 Å². The number of hydrogen-bond acceptors (Lipinski definition) is 3. The van der Waals surface area contributed by atoms with Gasteiger partial charge >= 0.3 is 5.69 Å². The van der Waals surface area contributed by atoms with Crippen LogP contribution in [0.4, 0.5) is 4.39 Å². The van der Waals surface area contributed by atoms with Crippen LogP contribution < -0.4 is 5.69 Å². The zero-order chi connectivity index (χ0) is 23.7. The summed E-state index contributed by atoms with van der Waals surface area (Å²) in [5, 5.41) is 0. The van der Waals surface area contributed by atoms with Gasteiger partial charge < -0.3 is 14.5 Å². The van der Waals surface area contributed by atoms with E-state index >= 15 is 4.39 Å². The molecule has 3 heterocycles. The maximum atomic E-state index is 15.1. The Morgan fingerprint density at radius 3 is 2.88 bits per heavy atom. The van der Waals surface area contributed by atoms with Crippen molar-refractivity contribution in [2.45, 2.75) is 13.5 Å². The number of aliphatic imine (C=N–C) groups is 1. The van der Waals surface area contributed by atoms with Crippen LogP contribution in [-0.2, 0) is 6.54 Å². The zero-order valence-corrected chi connectivity index (χ0v) is 18.6. The molecule has 0 saturated carbocycles. The number of allylic oxidation sites excluding steroid dienone is 3. The van der Waals surface area contributed by atoms with Crippen molar-refractivity contribution in [3.63, 3.8) is 0 Å². The summed E-state index contributed by atoms with van der Waals surface area (Å²) in [5.74, 6) is -0.399. The number of fused-ring (bicyclic) bond motifs is 2. The molecule has 0 bridgehead atoms. The number of H-pyrrole nitrogens is 2. The molecule has 0 spiro atoms. The number of nitrogens with zero attached hydrogens (tertiary/aromatic N) is 4. The van der Waals surface area contributed by atoms with E-state index in [0.29, 0.717) is 29.6 Å². The first-order chi connectivity index (χ1) is 16.6. The fourth-order valence-electron chi connectivity index (χ4n) is 4.12. The molecule has 0 aliphatic carbocycles. The average Bonchev–Trinajstić information content (AvgIpc) is 3.54. The van der Waals surface area contributed by atoms with Crippen LogP contribution in [-0.4, -0.2) is 36.3 Å². The normalized spacial score (nSPS) is 12.4. The molecular formula is C26H23FN6O. The Hall–Kier alpha value is -4.46. The van der Waals surface area contributed by atoms with Gasteiger partial charge in [-0.2, -0.15) is 0 Å². The first kappa shape index (κ1) is 21.4. The van der Waals surface area contributed by atoms with Crippen LogP contribution in [0.2, 0.25) is 0 Å². The van der Waals surface area contributed by atoms with Gasteiger partial charge in [0.1, 0.15) is 11.8 Å². The Labute approximate surface area is 194 Å². The van der Waals surface area contributed by atoms with Crippen molar-refractivity contribution in [1.82, 2.24) is 24.1 Å². The van der Waals surface area contributed by atoms with E-state index in [1.807, 2.05) is 70.8 Å². The van der Waals surface area contributed by atoms with Gasteiger partial charge in [0.2, 0.25) is 0 Å². The summed E-state index contributed by atoms with van der Waals surface area (Å²) in [5.41, 5.74) is 5.30. The lowest BCUT2D eigenvalue weighted by atomic mass is 10.1. The highest BCUT2D eigenvalue weighted by atomic mass is 19.1. The second kappa shape index (κ2) is 8.82. The van der Waals surface area contributed by atoms with E-state index in [4.69, 9.17) is 0 Å². The monoisotopic (exact) mass is 454 g/mol. The van der Waals surface area contributed by atoms with E-state index in [1.54, 1.807) is 12.4 Å². The highest BCUT2D eigenvalue weighted by Gasteiger charge is 2.15. The molecule has 2 aromatic carbocycles. The van der Waals surface area contributed by atoms with E-state index in [-0.39, 0.29) is 11.2 Å². The number of aromatic nitrogens is 5. The first-order valence-electron chi connectivity index (χ1n) is 10.9. The van der Waals surface area contributed by atoms with Crippen molar-refractivity contribution >= 4 is 27.8 Å². The van der Waals surface area contributed by atoms with Gasteiger partial charge in [-0.05, 0) is 55.5 Å². The van der Waals surface area contributed by atoms with E-state index in [0.717, 1.165) is 22.7 Å². The second-order valence-corrected chi connectivity index (χ2v) is 7.83. The van der Waals surface area contributed by atoms with Gasteiger partial charge in [-0.25, -0.2) is 14.2 Å². The van der Waals surface area contributed by atoms with Gasteiger partial charge in [0, 0.05) is 29.7 Å².